The van der Waals surface area contributed by atoms with E-state index in [1.54, 1.807) is 6.21 Å². The molecule has 0 bridgehead atoms. The van der Waals surface area contributed by atoms with Gasteiger partial charge >= 0.3 is 0 Å². The molecule has 1 heterocycles. The van der Waals surface area contributed by atoms with Gasteiger partial charge in [-0.05, 0) is 30.2 Å². The van der Waals surface area contributed by atoms with E-state index in [1.165, 1.54) is 25.7 Å². The molecule has 3 rings (SSSR count). The van der Waals surface area contributed by atoms with Gasteiger partial charge in [0.15, 0.2) is 5.88 Å². The summed E-state index contributed by atoms with van der Waals surface area (Å²) < 4.78 is 5.54. The van der Waals surface area contributed by atoms with E-state index >= 15 is 0 Å². The summed E-state index contributed by atoms with van der Waals surface area (Å²) in [5.41, 5.74) is 2.89. The number of nitrogens with one attached hydrogen (secondary N) is 1. The number of hydrogen-bond acceptors (Lipinski definition) is 4. The first-order valence-electron chi connectivity index (χ1n) is 7.62. The first kappa shape index (κ1) is 14.2. The van der Waals surface area contributed by atoms with Gasteiger partial charge in [0.2, 0.25) is 5.91 Å². The molecule has 2 aliphatic carbocycles. The van der Waals surface area contributed by atoms with E-state index in [9.17, 15) is 4.79 Å². The van der Waals surface area contributed by atoms with Crippen molar-refractivity contribution in [1.82, 2.24) is 5.43 Å². The Balaban J connectivity index is 1.55. The maximum absolute atomic E-state index is 12.2. The fourth-order valence-electron chi connectivity index (χ4n) is 3.73. The molecule has 1 aromatic heterocycles. The van der Waals surface area contributed by atoms with Gasteiger partial charge < -0.3 is 9.32 Å². The lowest BCUT2D eigenvalue weighted by atomic mass is 9.90. The van der Waals surface area contributed by atoms with Crippen LogP contribution in [-0.4, -0.2) is 26.2 Å². The second kappa shape index (κ2) is 5.20. The van der Waals surface area contributed by atoms with Crippen LogP contribution in [0.4, 0.5) is 5.88 Å². The van der Waals surface area contributed by atoms with E-state index in [1.807, 2.05) is 31.1 Å². The molecule has 0 spiro atoms. The zero-order valence-corrected chi connectivity index (χ0v) is 12.9. The minimum absolute atomic E-state index is 0.0556. The van der Waals surface area contributed by atoms with Crippen molar-refractivity contribution in [2.45, 2.75) is 32.6 Å². The second-order valence-corrected chi connectivity index (χ2v) is 6.64. The van der Waals surface area contributed by atoms with Gasteiger partial charge in [0.05, 0.1) is 6.21 Å². The zero-order valence-electron chi connectivity index (χ0n) is 12.9. The molecule has 114 valence electrons. The maximum atomic E-state index is 12.2. The molecule has 3 atom stereocenters. The Kier molecular flexibility index (Phi) is 3.51. The minimum atomic E-state index is 0.0556. The first-order chi connectivity index (χ1) is 10.0. The van der Waals surface area contributed by atoms with Crippen molar-refractivity contribution in [3.05, 3.63) is 17.9 Å². The number of carbonyl (C=O) groups excluding carboxylic acids is 1. The summed E-state index contributed by atoms with van der Waals surface area (Å²) >= 11 is 0. The molecule has 5 heteroatoms. The third kappa shape index (κ3) is 2.57. The lowest BCUT2D eigenvalue weighted by molar-refractivity contribution is -0.123. The SMILES string of the molecule is CN(C)c1ccc(/C=N\NC(=O)[C@H]2[C@H]3CCCC[C@]32C)o1. The van der Waals surface area contributed by atoms with Crippen molar-refractivity contribution in [2.75, 3.05) is 19.0 Å². The molecule has 0 aliphatic heterocycles. The molecule has 1 N–H and O–H groups in total. The predicted molar refractivity (Wildman–Crippen MR) is 82.3 cm³/mol. The Bertz CT molecular complexity index is 564. The number of hydrazone groups is 1. The number of anilines is 1. The molecule has 1 amide bonds. The summed E-state index contributed by atoms with van der Waals surface area (Å²) in [4.78, 5) is 14.1. The van der Waals surface area contributed by atoms with E-state index in [2.05, 4.69) is 17.5 Å². The molecule has 0 aromatic carbocycles. The van der Waals surface area contributed by atoms with E-state index in [-0.39, 0.29) is 17.2 Å². The summed E-state index contributed by atoms with van der Waals surface area (Å²) in [7, 11) is 3.83. The quantitative estimate of drug-likeness (QED) is 0.684. The van der Waals surface area contributed by atoms with Crippen LogP contribution >= 0.6 is 0 Å². The number of carbonyl (C=O) groups is 1. The third-order valence-electron chi connectivity index (χ3n) is 5.03. The molecule has 0 radical (unpaired) electrons. The van der Waals surface area contributed by atoms with Crippen molar-refractivity contribution >= 4 is 18.0 Å². The molecule has 2 saturated carbocycles. The molecule has 0 unspecified atom stereocenters. The first-order valence-corrected chi connectivity index (χ1v) is 7.62. The van der Waals surface area contributed by atoms with Crippen LogP contribution in [0.1, 0.15) is 38.4 Å². The van der Waals surface area contributed by atoms with Gasteiger partial charge in [-0.15, -0.1) is 0 Å². The fourth-order valence-corrected chi connectivity index (χ4v) is 3.73. The minimum Gasteiger partial charge on any atom is -0.440 e. The molecule has 2 aliphatic rings. The second-order valence-electron chi connectivity index (χ2n) is 6.64. The van der Waals surface area contributed by atoms with Crippen LogP contribution in [0.15, 0.2) is 21.7 Å². The zero-order chi connectivity index (χ0) is 15.0. The van der Waals surface area contributed by atoms with Crippen molar-refractivity contribution < 1.29 is 9.21 Å². The van der Waals surface area contributed by atoms with Crippen molar-refractivity contribution in [1.29, 1.82) is 0 Å². The van der Waals surface area contributed by atoms with E-state index in [4.69, 9.17) is 4.42 Å². The number of nitrogens with zero attached hydrogens (tertiary/aromatic N) is 2. The standard InChI is InChI=1S/C16H23N3O2/c1-16-9-5-4-6-12(16)14(16)15(20)18-17-10-11-7-8-13(21-11)19(2)3/h7-8,10,12,14H,4-6,9H2,1-3H3,(H,18,20)/b17-10-/t12-,14-,16-/m1/s1. The topological polar surface area (TPSA) is 57.8 Å². The van der Waals surface area contributed by atoms with Gasteiger partial charge in [0.1, 0.15) is 5.76 Å². The molecule has 5 nitrogen and oxygen atoms in total. The highest BCUT2D eigenvalue weighted by molar-refractivity contribution is 5.85. The normalized spacial score (nSPS) is 31.0. The van der Waals surface area contributed by atoms with Crippen molar-refractivity contribution in [3.8, 4) is 0 Å². The number of amides is 1. The van der Waals surface area contributed by atoms with Crippen LogP contribution in [0, 0.1) is 17.3 Å². The largest absolute Gasteiger partial charge is 0.440 e. The van der Waals surface area contributed by atoms with Crippen molar-refractivity contribution in [2.24, 2.45) is 22.4 Å². The van der Waals surface area contributed by atoms with E-state index in [0.717, 1.165) is 5.88 Å². The number of hydrogen-bond donors (Lipinski definition) is 1. The van der Waals surface area contributed by atoms with Gasteiger partial charge in [-0.2, -0.15) is 5.10 Å². The predicted octanol–water partition coefficient (Wildman–Crippen LogP) is 2.62. The molecular formula is C16H23N3O2. The highest BCUT2D eigenvalue weighted by Gasteiger charge is 2.64. The lowest BCUT2D eigenvalue weighted by Gasteiger charge is -2.15. The van der Waals surface area contributed by atoms with E-state index < -0.39 is 0 Å². The Labute approximate surface area is 125 Å². The molecular weight excluding hydrogens is 266 g/mol. The Morgan fingerprint density at radius 3 is 2.90 bits per heavy atom. The Morgan fingerprint density at radius 1 is 1.48 bits per heavy atom. The third-order valence-corrected chi connectivity index (χ3v) is 5.03. The molecule has 21 heavy (non-hydrogen) atoms. The van der Waals surface area contributed by atoms with Crippen molar-refractivity contribution in [3.63, 3.8) is 0 Å². The Morgan fingerprint density at radius 2 is 2.29 bits per heavy atom. The van der Waals surface area contributed by atoms with Crippen LogP contribution in [0.2, 0.25) is 0 Å². The number of rotatable bonds is 4. The molecule has 2 fully saturated rings. The summed E-state index contributed by atoms with van der Waals surface area (Å²) in [5.74, 6) is 2.17. The van der Waals surface area contributed by atoms with Crippen LogP contribution in [-0.2, 0) is 4.79 Å². The monoisotopic (exact) mass is 289 g/mol. The number of furan rings is 1. The van der Waals surface area contributed by atoms with Gasteiger partial charge in [-0.25, -0.2) is 5.43 Å². The van der Waals surface area contributed by atoms with Crippen LogP contribution in [0.25, 0.3) is 0 Å². The van der Waals surface area contributed by atoms with Gasteiger partial charge in [-0.3, -0.25) is 4.79 Å². The summed E-state index contributed by atoms with van der Waals surface area (Å²) in [6.07, 6.45) is 6.42. The van der Waals surface area contributed by atoms with Gasteiger partial charge in [0.25, 0.3) is 0 Å². The Hall–Kier alpha value is -1.78. The maximum Gasteiger partial charge on any atom is 0.244 e. The van der Waals surface area contributed by atoms with Gasteiger partial charge in [0, 0.05) is 26.1 Å². The average molecular weight is 289 g/mol. The summed E-state index contributed by atoms with van der Waals surface area (Å²) in [5, 5.41) is 4.03. The highest BCUT2D eigenvalue weighted by Crippen LogP contribution is 2.66. The lowest BCUT2D eigenvalue weighted by Crippen LogP contribution is -2.22. The molecule has 1 aromatic rings. The fraction of sp³-hybridized carbons (Fsp3) is 0.625. The van der Waals surface area contributed by atoms with Crippen LogP contribution < -0.4 is 10.3 Å². The number of fused-ring (bicyclic) bond motifs is 1. The molecule has 0 saturated heterocycles. The smallest absolute Gasteiger partial charge is 0.244 e. The van der Waals surface area contributed by atoms with Gasteiger partial charge in [-0.1, -0.05) is 19.8 Å². The summed E-state index contributed by atoms with van der Waals surface area (Å²) in [6.45, 7) is 2.24. The summed E-state index contributed by atoms with van der Waals surface area (Å²) in [6, 6.07) is 3.71. The highest BCUT2D eigenvalue weighted by atomic mass is 16.4. The average Bonchev–Trinajstić information content (AvgIpc) is 2.80. The van der Waals surface area contributed by atoms with E-state index in [0.29, 0.717) is 11.7 Å². The van der Waals surface area contributed by atoms with Crippen LogP contribution in [0.5, 0.6) is 0 Å². The van der Waals surface area contributed by atoms with Crippen LogP contribution in [0.3, 0.4) is 0 Å².